The number of nitrogens with one attached hydrogen (secondary N) is 1. The second-order valence-electron chi connectivity index (χ2n) is 5.04. The van der Waals surface area contributed by atoms with Gasteiger partial charge >= 0.3 is 0 Å². The molecule has 0 spiro atoms. The number of anilines is 1. The highest BCUT2D eigenvalue weighted by atomic mass is 32.1. The van der Waals surface area contributed by atoms with Crippen LogP contribution in [0, 0.1) is 6.92 Å². The lowest BCUT2D eigenvalue weighted by Crippen LogP contribution is -2.29. The zero-order valence-electron chi connectivity index (χ0n) is 12.4. The third-order valence-corrected chi connectivity index (χ3v) is 4.17. The summed E-state index contributed by atoms with van der Waals surface area (Å²) in [5.41, 5.74) is 7.91. The molecule has 2 aromatic rings. The minimum Gasteiger partial charge on any atom is -0.481 e. The summed E-state index contributed by atoms with van der Waals surface area (Å²) in [4.78, 5) is 12.4. The van der Waals surface area contributed by atoms with Gasteiger partial charge in [-0.1, -0.05) is 12.1 Å². The van der Waals surface area contributed by atoms with Crippen LogP contribution in [0.25, 0.3) is 0 Å². The van der Waals surface area contributed by atoms with Gasteiger partial charge in [-0.25, -0.2) is 0 Å². The minimum atomic E-state index is -0.236. The van der Waals surface area contributed by atoms with Crippen molar-refractivity contribution in [2.24, 2.45) is 5.73 Å². The molecule has 2 rings (SSSR count). The number of thiophene rings is 1. The number of hydrogen-bond donors (Lipinski definition) is 2. The average molecular weight is 304 g/mol. The molecule has 0 aliphatic carbocycles. The lowest BCUT2D eigenvalue weighted by atomic mass is 10.1. The van der Waals surface area contributed by atoms with E-state index < -0.39 is 0 Å². The summed E-state index contributed by atoms with van der Waals surface area (Å²) in [5.74, 6) is 0.499. The highest BCUT2D eigenvalue weighted by Crippen LogP contribution is 2.33. The number of nitrogens with two attached hydrogens (primary N) is 1. The van der Waals surface area contributed by atoms with Crippen LogP contribution in [0.4, 0.5) is 5.69 Å². The number of benzene rings is 1. The zero-order chi connectivity index (χ0) is 15.4. The highest BCUT2D eigenvalue weighted by Gasteiger charge is 2.22. The standard InChI is InChI=1S/C16H20N2O2S/c1-10-8-9-21-16(10)15(11(2)17)20-14-7-5-4-6-13(14)18-12(3)19/h4-9,11,15H,17H2,1-3H3,(H,18,19). The second-order valence-corrected chi connectivity index (χ2v) is 5.99. The van der Waals surface area contributed by atoms with Crippen LogP contribution in [-0.4, -0.2) is 11.9 Å². The van der Waals surface area contributed by atoms with Crippen LogP contribution in [0.2, 0.25) is 0 Å². The lowest BCUT2D eigenvalue weighted by Gasteiger charge is -2.24. The Labute approximate surface area is 128 Å². The van der Waals surface area contributed by atoms with Crippen LogP contribution in [-0.2, 0) is 4.79 Å². The topological polar surface area (TPSA) is 64.3 Å². The maximum Gasteiger partial charge on any atom is 0.221 e. The van der Waals surface area contributed by atoms with Crippen molar-refractivity contribution in [2.45, 2.75) is 32.9 Å². The zero-order valence-corrected chi connectivity index (χ0v) is 13.2. The highest BCUT2D eigenvalue weighted by molar-refractivity contribution is 7.10. The first-order chi connectivity index (χ1) is 9.99. The number of carbonyl (C=O) groups is 1. The molecule has 0 saturated carbocycles. The Hall–Kier alpha value is -1.85. The maximum absolute atomic E-state index is 11.3. The number of amides is 1. The first kappa shape index (κ1) is 15.5. The fraction of sp³-hybridized carbons (Fsp3) is 0.312. The quantitative estimate of drug-likeness (QED) is 0.889. The molecule has 2 unspecified atom stereocenters. The van der Waals surface area contributed by atoms with Crippen LogP contribution in [0.15, 0.2) is 35.7 Å². The van der Waals surface area contributed by atoms with E-state index >= 15 is 0 Å². The van der Waals surface area contributed by atoms with E-state index in [0.717, 1.165) is 4.88 Å². The molecule has 4 nitrogen and oxygen atoms in total. The van der Waals surface area contributed by atoms with E-state index in [2.05, 4.69) is 11.4 Å². The number of aryl methyl sites for hydroxylation is 1. The smallest absolute Gasteiger partial charge is 0.221 e. The molecule has 0 aliphatic heterocycles. The van der Waals surface area contributed by atoms with Crippen LogP contribution < -0.4 is 15.8 Å². The summed E-state index contributed by atoms with van der Waals surface area (Å²) in [7, 11) is 0. The maximum atomic E-state index is 11.3. The van der Waals surface area contributed by atoms with Gasteiger partial charge < -0.3 is 15.8 Å². The Kier molecular flexibility index (Phi) is 4.98. The lowest BCUT2D eigenvalue weighted by molar-refractivity contribution is -0.114. The van der Waals surface area contributed by atoms with Gasteiger partial charge in [-0.05, 0) is 43.0 Å². The van der Waals surface area contributed by atoms with Gasteiger partial charge in [-0.15, -0.1) is 11.3 Å². The van der Waals surface area contributed by atoms with Crippen molar-refractivity contribution in [2.75, 3.05) is 5.32 Å². The van der Waals surface area contributed by atoms with Gasteiger partial charge in [0, 0.05) is 17.8 Å². The fourth-order valence-electron chi connectivity index (χ4n) is 2.07. The molecule has 1 amide bonds. The van der Waals surface area contributed by atoms with Crippen molar-refractivity contribution in [1.82, 2.24) is 0 Å². The number of hydrogen-bond acceptors (Lipinski definition) is 4. The molecule has 0 fully saturated rings. The van der Waals surface area contributed by atoms with Gasteiger partial charge in [0.25, 0.3) is 0 Å². The summed E-state index contributed by atoms with van der Waals surface area (Å²) in [6.45, 7) is 5.44. The van der Waals surface area contributed by atoms with Crippen LogP contribution >= 0.6 is 11.3 Å². The van der Waals surface area contributed by atoms with Gasteiger partial charge in [0.15, 0.2) is 0 Å². The first-order valence-corrected chi connectivity index (χ1v) is 7.70. The number of carbonyl (C=O) groups excluding carboxylic acids is 1. The monoisotopic (exact) mass is 304 g/mol. The number of rotatable bonds is 5. The van der Waals surface area contributed by atoms with E-state index in [4.69, 9.17) is 10.5 Å². The van der Waals surface area contributed by atoms with Gasteiger partial charge in [0.05, 0.1) is 5.69 Å². The normalized spacial score (nSPS) is 13.5. The van der Waals surface area contributed by atoms with Crippen LogP contribution in [0.1, 0.15) is 30.4 Å². The Morgan fingerprint density at radius 3 is 2.62 bits per heavy atom. The van der Waals surface area contributed by atoms with E-state index in [9.17, 15) is 4.79 Å². The van der Waals surface area contributed by atoms with Crippen molar-refractivity contribution in [3.05, 3.63) is 46.2 Å². The van der Waals surface area contributed by atoms with Gasteiger partial charge in [-0.3, -0.25) is 4.79 Å². The first-order valence-electron chi connectivity index (χ1n) is 6.82. The predicted molar refractivity (Wildman–Crippen MR) is 86.8 cm³/mol. The molecule has 1 aromatic carbocycles. The third kappa shape index (κ3) is 3.83. The molecule has 1 heterocycles. The van der Waals surface area contributed by atoms with Crippen molar-refractivity contribution in [3.8, 4) is 5.75 Å². The predicted octanol–water partition coefficient (Wildman–Crippen LogP) is 3.48. The summed E-state index contributed by atoms with van der Waals surface area (Å²) in [5, 5.41) is 4.81. The largest absolute Gasteiger partial charge is 0.481 e. The third-order valence-electron chi connectivity index (χ3n) is 3.09. The second kappa shape index (κ2) is 6.74. The average Bonchev–Trinajstić information content (AvgIpc) is 2.82. The van der Waals surface area contributed by atoms with E-state index in [1.54, 1.807) is 11.3 Å². The summed E-state index contributed by atoms with van der Waals surface area (Å²) >= 11 is 1.63. The molecule has 21 heavy (non-hydrogen) atoms. The van der Waals surface area contributed by atoms with Crippen LogP contribution in [0.5, 0.6) is 5.75 Å². The molecule has 112 valence electrons. The molecular weight excluding hydrogens is 284 g/mol. The van der Waals surface area contributed by atoms with E-state index in [1.165, 1.54) is 12.5 Å². The molecule has 5 heteroatoms. The molecule has 0 saturated heterocycles. The summed E-state index contributed by atoms with van der Waals surface area (Å²) < 4.78 is 6.10. The van der Waals surface area contributed by atoms with Crippen molar-refractivity contribution < 1.29 is 9.53 Å². The minimum absolute atomic E-state index is 0.129. The fourth-order valence-corrected chi connectivity index (χ4v) is 3.14. The number of para-hydroxylation sites is 2. The molecule has 0 aliphatic rings. The van der Waals surface area contributed by atoms with E-state index in [-0.39, 0.29) is 18.1 Å². The molecule has 2 atom stereocenters. The summed E-state index contributed by atoms with van der Waals surface area (Å²) in [6, 6.07) is 9.28. The van der Waals surface area contributed by atoms with Gasteiger partial charge in [-0.2, -0.15) is 0 Å². The van der Waals surface area contributed by atoms with Crippen molar-refractivity contribution in [3.63, 3.8) is 0 Å². The Balaban J connectivity index is 2.30. The van der Waals surface area contributed by atoms with Crippen LogP contribution in [0.3, 0.4) is 0 Å². The summed E-state index contributed by atoms with van der Waals surface area (Å²) in [6.07, 6.45) is -0.236. The molecular formula is C16H20N2O2S. The Bertz CT molecular complexity index is 622. The molecule has 0 bridgehead atoms. The van der Waals surface area contributed by atoms with E-state index in [1.807, 2.05) is 43.5 Å². The Morgan fingerprint density at radius 1 is 1.33 bits per heavy atom. The molecule has 3 N–H and O–H groups in total. The number of ether oxygens (including phenoxy) is 1. The Morgan fingerprint density at radius 2 is 2.05 bits per heavy atom. The van der Waals surface area contributed by atoms with Crippen molar-refractivity contribution in [1.29, 1.82) is 0 Å². The van der Waals surface area contributed by atoms with Gasteiger partial charge in [0.1, 0.15) is 11.9 Å². The molecule has 0 radical (unpaired) electrons. The SMILES string of the molecule is CC(=O)Nc1ccccc1OC(c1sccc1C)C(C)N. The molecule has 1 aromatic heterocycles. The van der Waals surface area contributed by atoms with E-state index in [0.29, 0.717) is 11.4 Å². The van der Waals surface area contributed by atoms with Crippen molar-refractivity contribution >= 4 is 22.9 Å². The van der Waals surface area contributed by atoms with Gasteiger partial charge in [0.2, 0.25) is 5.91 Å².